The molecule has 1 saturated heterocycles. The van der Waals surface area contributed by atoms with Gasteiger partial charge in [0.05, 0.1) is 13.2 Å². The first-order valence-electron chi connectivity index (χ1n) is 9.63. The summed E-state index contributed by atoms with van der Waals surface area (Å²) in [5.74, 6) is -1.35. The molecule has 158 valence electrons. The number of benzene rings is 1. The van der Waals surface area contributed by atoms with Crippen molar-refractivity contribution in [3.8, 4) is 0 Å². The molecule has 29 heavy (non-hydrogen) atoms. The third-order valence-corrected chi connectivity index (χ3v) is 4.88. The van der Waals surface area contributed by atoms with Crippen LogP contribution in [0.2, 0.25) is 0 Å². The van der Waals surface area contributed by atoms with Crippen LogP contribution >= 0.6 is 0 Å². The molecule has 0 spiro atoms. The molecule has 1 aromatic rings. The summed E-state index contributed by atoms with van der Waals surface area (Å²) in [7, 11) is 0. The molecule has 1 aromatic carbocycles. The number of hydrogen-bond acceptors (Lipinski definition) is 6. The highest BCUT2D eigenvalue weighted by molar-refractivity contribution is 6.22. The quantitative estimate of drug-likeness (QED) is 0.450. The van der Waals surface area contributed by atoms with Crippen molar-refractivity contribution in [1.82, 2.24) is 10.2 Å². The minimum absolute atomic E-state index is 0.0294. The Labute approximate surface area is 169 Å². The van der Waals surface area contributed by atoms with E-state index in [-0.39, 0.29) is 19.6 Å². The molecule has 0 bridgehead atoms. The Kier molecular flexibility index (Phi) is 7.72. The summed E-state index contributed by atoms with van der Waals surface area (Å²) in [4.78, 5) is 50.6. The van der Waals surface area contributed by atoms with Gasteiger partial charge in [-0.1, -0.05) is 50.6 Å². The van der Waals surface area contributed by atoms with Crippen LogP contribution in [0.3, 0.4) is 0 Å². The van der Waals surface area contributed by atoms with Gasteiger partial charge in [-0.3, -0.25) is 19.8 Å². The zero-order valence-corrected chi connectivity index (χ0v) is 16.7. The van der Waals surface area contributed by atoms with Gasteiger partial charge in [-0.05, 0) is 18.4 Å². The summed E-state index contributed by atoms with van der Waals surface area (Å²) >= 11 is 0. The van der Waals surface area contributed by atoms with Gasteiger partial charge in [-0.2, -0.15) is 0 Å². The first-order valence-corrected chi connectivity index (χ1v) is 9.63. The lowest BCUT2D eigenvalue weighted by molar-refractivity contribution is -0.146. The number of barbiturate groups is 1. The number of urea groups is 1. The first-order chi connectivity index (χ1) is 13.9. The summed E-state index contributed by atoms with van der Waals surface area (Å²) < 4.78 is 10.5. The van der Waals surface area contributed by atoms with Gasteiger partial charge < -0.3 is 15.2 Å². The Morgan fingerprint density at radius 3 is 2.48 bits per heavy atom. The normalized spacial score (nSPS) is 20.3. The van der Waals surface area contributed by atoms with E-state index in [4.69, 9.17) is 15.2 Å². The lowest BCUT2D eigenvalue weighted by Gasteiger charge is -2.39. The Hall–Kier alpha value is -2.94. The van der Waals surface area contributed by atoms with Gasteiger partial charge in [0.2, 0.25) is 5.91 Å². The predicted octanol–water partition coefficient (Wildman–Crippen LogP) is 1.69. The van der Waals surface area contributed by atoms with Crippen molar-refractivity contribution in [2.24, 2.45) is 5.73 Å². The molecule has 1 aliphatic heterocycles. The minimum atomic E-state index is -1.55. The predicted molar refractivity (Wildman–Crippen MR) is 104 cm³/mol. The largest absolute Gasteiger partial charge is 0.442 e. The van der Waals surface area contributed by atoms with E-state index in [2.05, 4.69) is 5.32 Å². The lowest BCUT2D eigenvalue weighted by Crippen LogP contribution is -2.67. The molecule has 9 heteroatoms. The maximum atomic E-state index is 13.3. The topological polar surface area (TPSA) is 128 Å². The molecule has 0 unspecified atom stereocenters. The van der Waals surface area contributed by atoms with Crippen molar-refractivity contribution in [1.29, 1.82) is 0 Å². The summed E-state index contributed by atoms with van der Waals surface area (Å²) in [5.41, 5.74) is 4.05. The van der Waals surface area contributed by atoms with Crippen LogP contribution in [0.1, 0.15) is 38.7 Å². The van der Waals surface area contributed by atoms with Gasteiger partial charge in [0, 0.05) is 6.61 Å². The Balaban J connectivity index is 2.27. The zero-order valence-electron chi connectivity index (χ0n) is 16.7. The number of unbranched alkanes of at least 4 members (excludes halogenated alkanes) is 1. The summed E-state index contributed by atoms with van der Waals surface area (Å²) in [6, 6.07) is 7.67. The lowest BCUT2D eigenvalue weighted by atomic mass is 9.74. The van der Waals surface area contributed by atoms with Crippen molar-refractivity contribution < 1.29 is 28.7 Å². The number of primary amides is 1. The molecule has 1 heterocycles. The van der Waals surface area contributed by atoms with Gasteiger partial charge in [0.1, 0.15) is 6.10 Å². The van der Waals surface area contributed by atoms with Crippen LogP contribution in [-0.4, -0.2) is 54.7 Å². The van der Waals surface area contributed by atoms with E-state index in [1.807, 2.05) is 6.92 Å². The average Bonchev–Trinajstić information content (AvgIpc) is 2.69. The first kappa shape index (κ1) is 22.4. The van der Waals surface area contributed by atoms with E-state index >= 15 is 0 Å². The molecule has 1 fully saturated rings. The molecule has 1 aliphatic rings. The van der Waals surface area contributed by atoms with Crippen LogP contribution in [0.4, 0.5) is 9.59 Å². The summed E-state index contributed by atoms with van der Waals surface area (Å²) in [5, 5.41) is 2.25. The van der Waals surface area contributed by atoms with Crippen LogP contribution in [-0.2, 0) is 24.5 Å². The fourth-order valence-electron chi connectivity index (χ4n) is 3.30. The molecule has 0 aromatic heterocycles. The van der Waals surface area contributed by atoms with Crippen molar-refractivity contribution >= 4 is 23.9 Å². The van der Waals surface area contributed by atoms with Gasteiger partial charge in [-0.15, -0.1) is 0 Å². The van der Waals surface area contributed by atoms with Gasteiger partial charge in [0.15, 0.2) is 5.41 Å². The molecule has 5 amide bonds. The van der Waals surface area contributed by atoms with Crippen molar-refractivity contribution in [3.05, 3.63) is 35.9 Å². The number of rotatable bonds is 10. The maximum Gasteiger partial charge on any atom is 0.404 e. The zero-order chi connectivity index (χ0) is 21.4. The molecule has 9 nitrogen and oxygen atoms in total. The number of hydrogen-bond donors (Lipinski definition) is 2. The van der Waals surface area contributed by atoms with Crippen LogP contribution in [0.5, 0.6) is 0 Å². The van der Waals surface area contributed by atoms with Crippen LogP contribution in [0.25, 0.3) is 0 Å². The number of nitrogens with zero attached hydrogens (tertiary/aromatic N) is 1. The van der Waals surface area contributed by atoms with Gasteiger partial charge in [-0.25, -0.2) is 9.59 Å². The third-order valence-electron chi connectivity index (χ3n) is 4.88. The van der Waals surface area contributed by atoms with Crippen LogP contribution < -0.4 is 11.1 Å². The number of carbonyl (C=O) groups is 4. The fraction of sp³-hybridized carbons (Fsp3) is 0.500. The van der Waals surface area contributed by atoms with Crippen molar-refractivity contribution in [3.63, 3.8) is 0 Å². The highest BCUT2D eigenvalue weighted by atomic mass is 16.6. The summed E-state index contributed by atoms with van der Waals surface area (Å²) in [6.07, 6.45) is -0.0994. The second-order valence-electron chi connectivity index (χ2n) is 6.79. The van der Waals surface area contributed by atoms with Crippen LogP contribution in [0, 0.1) is 0 Å². The number of carbonyl (C=O) groups excluding carboxylic acids is 4. The Morgan fingerprint density at radius 2 is 1.90 bits per heavy atom. The Morgan fingerprint density at radius 1 is 1.21 bits per heavy atom. The van der Waals surface area contributed by atoms with E-state index in [1.165, 1.54) is 0 Å². The van der Waals surface area contributed by atoms with Gasteiger partial charge in [0.25, 0.3) is 5.91 Å². The average molecular weight is 405 g/mol. The van der Waals surface area contributed by atoms with E-state index in [0.717, 1.165) is 17.7 Å². The fourth-order valence-corrected chi connectivity index (χ4v) is 3.30. The minimum Gasteiger partial charge on any atom is -0.442 e. The van der Waals surface area contributed by atoms with Crippen LogP contribution in [0.15, 0.2) is 30.3 Å². The highest BCUT2D eigenvalue weighted by Gasteiger charge is 2.54. The standard InChI is InChI=1S/C20H27N3O6/c1-3-5-11-28-13-15(29-18(21)26)12-23-17(25)20(4-2,16(24)22-19(23)27)14-9-7-6-8-10-14/h6-10,15H,3-5,11-13H2,1-2H3,(H2,21,26)(H,22,24,27)/t15-,20+/m1/s1. The molecule has 0 aliphatic carbocycles. The second kappa shape index (κ2) is 10.0. The molecule has 3 N–H and O–H groups in total. The van der Waals surface area contributed by atoms with E-state index < -0.39 is 35.5 Å². The molecule has 0 saturated carbocycles. The van der Waals surface area contributed by atoms with E-state index in [0.29, 0.717) is 12.2 Å². The van der Waals surface area contributed by atoms with Crippen molar-refractivity contribution in [2.45, 2.75) is 44.6 Å². The number of imide groups is 2. The monoisotopic (exact) mass is 405 g/mol. The number of ether oxygens (including phenoxy) is 2. The smallest absolute Gasteiger partial charge is 0.404 e. The number of nitrogens with one attached hydrogen (secondary N) is 1. The number of nitrogens with two attached hydrogens (primary N) is 1. The highest BCUT2D eigenvalue weighted by Crippen LogP contribution is 2.33. The maximum absolute atomic E-state index is 13.3. The molecule has 2 rings (SSSR count). The molecular formula is C20H27N3O6. The molecular weight excluding hydrogens is 378 g/mol. The molecule has 2 atom stereocenters. The Bertz CT molecular complexity index is 754. The van der Waals surface area contributed by atoms with Gasteiger partial charge >= 0.3 is 12.1 Å². The third kappa shape index (κ3) is 4.92. The SMILES string of the molecule is CCCCOC[C@@H](CN1C(=O)NC(=O)[C@](CC)(c2ccccc2)C1=O)OC(N)=O. The summed E-state index contributed by atoms with van der Waals surface area (Å²) in [6.45, 7) is 3.84. The molecule has 0 radical (unpaired) electrons. The number of amides is 5. The van der Waals surface area contributed by atoms with Crippen molar-refractivity contribution in [2.75, 3.05) is 19.8 Å². The van der Waals surface area contributed by atoms with E-state index in [1.54, 1.807) is 37.3 Å². The van der Waals surface area contributed by atoms with E-state index in [9.17, 15) is 19.2 Å². The second-order valence-corrected chi connectivity index (χ2v) is 6.79.